The van der Waals surface area contributed by atoms with Crippen molar-refractivity contribution in [3.63, 3.8) is 0 Å². The van der Waals surface area contributed by atoms with E-state index in [2.05, 4.69) is 10.2 Å². The maximum atomic E-state index is 11.9. The van der Waals surface area contributed by atoms with E-state index in [1.54, 1.807) is 11.8 Å². The van der Waals surface area contributed by atoms with Gasteiger partial charge in [0, 0.05) is 24.2 Å². The SMILES string of the molecule is CSC(=Nc1ccc(Cl)cc1)N1CCC(NC(=O)OC(C)(C)C)CC1. The molecule has 1 aliphatic heterocycles. The molecule has 0 unspecified atom stereocenters. The number of thioether (sulfide) groups is 1. The molecular weight excluding hydrogens is 358 g/mol. The minimum Gasteiger partial charge on any atom is -0.444 e. The zero-order chi connectivity index (χ0) is 18.4. The van der Waals surface area contributed by atoms with Gasteiger partial charge in [-0.2, -0.15) is 0 Å². The Bertz CT molecular complexity index is 606. The number of carbonyl (C=O) groups is 1. The van der Waals surface area contributed by atoms with Gasteiger partial charge in [0.15, 0.2) is 5.17 Å². The van der Waals surface area contributed by atoms with Gasteiger partial charge < -0.3 is 15.0 Å². The van der Waals surface area contributed by atoms with E-state index in [1.807, 2.05) is 51.3 Å². The molecule has 0 spiro atoms. The van der Waals surface area contributed by atoms with Crippen LogP contribution in [-0.4, -0.2) is 47.1 Å². The second-order valence-electron chi connectivity index (χ2n) is 6.98. The van der Waals surface area contributed by atoms with E-state index in [4.69, 9.17) is 21.3 Å². The number of alkyl carbamates (subject to hydrolysis) is 1. The number of nitrogens with one attached hydrogen (secondary N) is 1. The molecule has 1 amide bonds. The third-order valence-electron chi connectivity index (χ3n) is 3.72. The summed E-state index contributed by atoms with van der Waals surface area (Å²) in [6.07, 6.45) is 3.43. The van der Waals surface area contributed by atoms with Crippen LogP contribution in [0.5, 0.6) is 0 Å². The highest BCUT2D eigenvalue weighted by atomic mass is 35.5. The molecule has 1 heterocycles. The molecule has 0 bridgehead atoms. The molecular formula is C18H26ClN3O2S. The van der Waals surface area contributed by atoms with E-state index >= 15 is 0 Å². The molecule has 7 heteroatoms. The van der Waals surface area contributed by atoms with Crippen LogP contribution in [0.25, 0.3) is 0 Å². The lowest BCUT2D eigenvalue weighted by Crippen LogP contribution is -2.47. The van der Waals surface area contributed by atoms with Crippen molar-refractivity contribution in [2.24, 2.45) is 4.99 Å². The molecule has 0 aliphatic carbocycles. The molecule has 0 radical (unpaired) electrons. The Morgan fingerprint density at radius 1 is 1.28 bits per heavy atom. The topological polar surface area (TPSA) is 53.9 Å². The number of benzene rings is 1. The van der Waals surface area contributed by atoms with Crippen molar-refractivity contribution in [1.82, 2.24) is 10.2 Å². The molecule has 0 saturated carbocycles. The van der Waals surface area contributed by atoms with E-state index < -0.39 is 5.60 Å². The number of rotatable bonds is 2. The van der Waals surface area contributed by atoms with Crippen LogP contribution >= 0.6 is 23.4 Å². The van der Waals surface area contributed by atoms with E-state index in [9.17, 15) is 4.79 Å². The molecule has 1 saturated heterocycles. The summed E-state index contributed by atoms with van der Waals surface area (Å²) in [7, 11) is 0. The Hall–Kier alpha value is -1.40. The monoisotopic (exact) mass is 383 g/mol. The average molecular weight is 384 g/mol. The van der Waals surface area contributed by atoms with Gasteiger partial charge in [-0.05, 0) is 64.1 Å². The first kappa shape index (κ1) is 19.9. The van der Waals surface area contributed by atoms with Gasteiger partial charge in [0.25, 0.3) is 0 Å². The van der Waals surface area contributed by atoms with E-state index in [1.165, 1.54) is 0 Å². The normalized spacial score (nSPS) is 16.7. The predicted molar refractivity (Wildman–Crippen MR) is 106 cm³/mol. The van der Waals surface area contributed by atoms with Crippen molar-refractivity contribution >= 4 is 40.3 Å². The van der Waals surface area contributed by atoms with Gasteiger partial charge in [0.05, 0.1) is 5.69 Å². The first-order chi connectivity index (χ1) is 11.8. The van der Waals surface area contributed by atoms with Gasteiger partial charge in [-0.1, -0.05) is 23.4 Å². The summed E-state index contributed by atoms with van der Waals surface area (Å²) in [6, 6.07) is 7.65. The van der Waals surface area contributed by atoms with Crippen molar-refractivity contribution in [3.8, 4) is 0 Å². The smallest absolute Gasteiger partial charge is 0.407 e. The standard InChI is InChI=1S/C18H26ClN3O2S/c1-18(2,3)24-17(23)21-15-9-11-22(12-10-15)16(25-4)20-14-7-5-13(19)6-8-14/h5-8,15H,9-12H2,1-4H3,(H,21,23). The minimum atomic E-state index is -0.470. The summed E-state index contributed by atoms with van der Waals surface area (Å²) in [5, 5.41) is 4.65. The number of amides is 1. The number of nitrogens with zero attached hydrogens (tertiary/aromatic N) is 2. The molecule has 25 heavy (non-hydrogen) atoms. The lowest BCUT2D eigenvalue weighted by molar-refractivity contribution is 0.0488. The van der Waals surface area contributed by atoms with Crippen LogP contribution in [0.3, 0.4) is 0 Å². The number of aliphatic imine (C=N–C) groups is 1. The summed E-state index contributed by atoms with van der Waals surface area (Å²) >= 11 is 7.55. The highest BCUT2D eigenvalue weighted by molar-refractivity contribution is 8.13. The minimum absolute atomic E-state index is 0.143. The maximum Gasteiger partial charge on any atom is 0.407 e. The van der Waals surface area contributed by atoms with E-state index in [-0.39, 0.29) is 12.1 Å². The summed E-state index contributed by atoms with van der Waals surface area (Å²) in [4.78, 5) is 18.8. The van der Waals surface area contributed by atoms with Gasteiger partial charge in [-0.25, -0.2) is 9.79 Å². The predicted octanol–water partition coefficient (Wildman–Crippen LogP) is 4.68. The van der Waals surface area contributed by atoms with Crippen molar-refractivity contribution in [2.75, 3.05) is 19.3 Å². The molecule has 0 atom stereocenters. The Balaban J connectivity index is 1.89. The van der Waals surface area contributed by atoms with E-state index in [0.29, 0.717) is 5.02 Å². The van der Waals surface area contributed by atoms with Gasteiger partial charge in [-0.3, -0.25) is 0 Å². The van der Waals surface area contributed by atoms with Gasteiger partial charge in [-0.15, -0.1) is 0 Å². The maximum absolute atomic E-state index is 11.9. The van der Waals surface area contributed by atoms with Gasteiger partial charge >= 0.3 is 6.09 Å². The van der Waals surface area contributed by atoms with Crippen molar-refractivity contribution in [3.05, 3.63) is 29.3 Å². The zero-order valence-electron chi connectivity index (χ0n) is 15.2. The molecule has 1 aliphatic rings. The average Bonchev–Trinajstić information content (AvgIpc) is 2.53. The molecule has 138 valence electrons. The molecule has 5 nitrogen and oxygen atoms in total. The number of hydrogen-bond acceptors (Lipinski definition) is 4. The van der Waals surface area contributed by atoms with Crippen molar-refractivity contribution in [1.29, 1.82) is 0 Å². The number of hydrogen-bond donors (Lipinski definition) is 1. The molecule has 1 aromatic rings. The fraction of sp³-hybridized carbons (Fsp3) is 0.556. The lowest BCUT2D eigenvalue weighted by atomic mass is 10.1. The Labute approximate surface area is 159 Å². The van der Waals surface area contributed by atoms with Gasteiger partial charge in [0.1, 0.15) is 5.60 Å². The third-order valence-corrected chi connectivity index (χ3v) is 4.69. The van der Waals surface area contributed by atoms with Crippen LogP contribution in [0.4, 0.5) is 10.5 Å². The third kappa shape index (κ3) is 6.78. The van der Waals surface area contributed by atoms with Crippen LogP contribution in [0.15, 0.2) is 29.3 Å². The second-order valence-corrected chi connectivity index (χ2v) is 8.19. The van der Waals surface area contributed by atoms with Gasteiger partial charge in [0.2, 0.25) is 0 Å². The number of ether oxygens (including phenoxy) is 1. The number of amidine groups is 1. The van der Waals surface area contributed by atoms with Crippen LogP contribution < -0.4 is 5.32 Å². The van der Waals surface area contributed by atoms with Crippen LogP contribution in [-0.2, 0) is 4.74 Å². The largest absolute Gasteiger partial charge is 0.444 e. The first-order valence-electron chi connectivity index (χ1n) is 8.39. The summed E-state index contributed by atoms with van der Waals surface area (Å²) in [5.41, 5.74) is 0.421. The Morgan fingerprint density at radius 2 is 1.88 bits per heavy atom. The summed E-state index contributed by atoms with van der Waals surface area (Å²) in [6.45, 7) is 7.31. The van der Waals surface area contributed by atoms with E-state index in [0.717, 1.165) is 36.8 Å². The van der Waals surface area contributed by atoms with Crippen molar-refractivity contribution in [2.45, 2.75) is 45.3 Å². The second kappa shape index (κ2) is 8.81. The Kier molecular flexibility index (Phi) is 7.02. The highest BCUT2D eigenvalue weighted by Crippen LogP contribution is 2.21. The van der Waals surface area contributed by atoms with Crippen LogP contribution in [0.1, 0.15) is 33.6 Å². The lowest BCUT2D eigenvalue weighted by Gasteiger charge is -2.34. The van der Waals surface area contributed by atoms with Crippen LogP contribution in [0, 0.1) is 0 Å². The number of piperidine rings is 1. The number of likely N-dealkylation sites (tertiary alicyclic amines) is 1. The molecule has 2 rings (SSSR count). The summed E-state index contributed by atoms with van der Waals surface area (Å²) < 4.78 is 5.32. The van der Waals surface area contributed by atoms with Crippen LogP contribution in [0.2, 0.25) is 5.02 Å². The number of carbonyl (C=O) groups excluding carboxylic acids is 1. The summed E-state index contributed by atoms with van der Waals surface area (Å²) in [5.74, 6) is 0. The fourth-order valence-corrected chi connectivity index (χ4v) is 3.32. The zero-order valence-corrected chi connectivity index (χ0v) is 16.8. The molecule has 1 N–H and O–H groups in total. The number of halogens is 1. The highest BCUT2D eigenvalue weighted by Gasteiger charge is 2.24. The quantitative estimate of drug-likeness (QED) is 0.595. The first-order valence-corrected chi connectivity index (χ1v) is 10.00. The Morgan fingerprint density at radius 3 is 2.40 bits per heavy atom. The van der Waals surface area contributed by atoms with Crippen molar-refractivity contribution < 1.29 is 9.53 Å². The molecule has 0 aromatic heterocycles. The molecule has 1 aromatic carbocycles. The molecule has 1 fully saturated rings. The fourth-order valence-electron chi connectivity index (χ4n) is 2.56.